The van der Waals surface area contributed by atoms with Gasteiger partial charge >= 0.3 is 0 Å². The van der Waals surface area contributed by atoms with Gasteiger partial charge in [0.15, 0.2) is 0 Å². The van der Waals surface area contributed by atoms with Crippen LogP contribution < -0.4 is 4.74 Å². The normalized spacial score (nSPS) is 11.1. The molecule has 0 bridgehead atoms. The van der Waals surface area contributed by atoms with Crippen molar-refractivity contribution in [1.29, 1.82) is 0 Å². The average molecular weight is 303 g/mol. The maximum Gasteiger partial charge on any atom is 0.132 e. The number of ether oxygens (including phenoxy) is 1. The maximum absolute atomic E-state index is 9.40. The lowest BCUT2D eigenvalue weighted by Crippen LogP contribution is -2.11. The second kappa shape index (κ2) is 7.94. The zero-order valence-electron chi connectivity index (χ0n) is 13.6. The number of aryl methyl sites for hydroxylation is 2. The highest BCUT2D eigenvalue weighted by molar-refractivity contribution is 5.27. The summed E-state index contributed by atoms with van der Waals surface area (Å²) in [6.07, 6.45) is 2.03. The molecule has 2 aromatic rings. The summed E-state index contributed by atoms with van der Waals surface area (Å²) in [6, 6.07) is 8.08. The van der Waals surface area contributed by atoms with Gasteiger partial charge in [0.05, 0.1) is 6.61 Å². The van der Waals surface area contributed by atoms with Gasteiger partial charge in [-0.05, 0) is 36.5 Å². The third-order valence-electron chi connectivity index (χ3n) is 3.69. The highest BCUT2D eigenvalue weighted by atomic mass is 16.5. The van der Waals surface area contributed by atoms with Gasteiger partial charge in [0.1, 0.15) is 23.7 Å². The van der Waals surface area contributed by atoms with E-state index >= 15 is 0 Å². The fraction of sp³-hybridized carbons (Fsp3) is 0.529. The van der Waals surface area contributed by atoms with Crippen molar-refractivity contribution in [2.24, 2.45) is 5.92 Å². The number of benzene rings is 1. The van der Waals surface area contributed by atoms with Gasteiger partial charge in [-0.25, -0.2) is 4.68 Å². The van der Waals surface area contributed by atoms with Crippen LogP contribution in [0.15, 0.2) is 24.3 Å². The summed E-state index contributed by atoms with van der Waals surface area (Å²) in [5.74, 6) is 1.41. The molecule has 0 aliphatic carbocycles. The monoisotopic (exact) mass is 303 g/mol. The van der Waals surface area contributed by atoms with Crippen molar-refractivity contribution in [3.05, 3.63) is 41.2 Å². The van der Waals surface area contributed by atoms with Crippen molar-refractivity contribution in [3.8, 4) is 5.75 Å². The van der Waals surface area contributed by atoms with Crippen LogP contribution in [0.25, 0.3) is 0 Å². The minimum absolute atomic E-state index is 0.116. The van der Waals surface area contributed by atoms with Crippen molar-refractivity contribution in [1.82, 2.24) is 15.0 Å². The van der Waals surface area contributed by atoms with Crippen LogP contribution in [0, 0.1) is 5.92 Å². The Labute approximate surface area is 131 Å². The minimum atomic E-state index is -0.116. The molecule has 0 unspecified atom stereocenters. The molecular formula is C17H25N3O2. The van der Waals surface area contributed by atoms with Crippen LogP contribution in [-0.4, -0.2) is 20.1 Å². The Morgan fingerprint density at radius 2 is 1.95 bits per heavy atom. The molecule has 0 aliphatic rings. The second-order valence-corrected chi connectivity index (χ2v) is 5.83. The first-order chi connectivity index (χ1) is 10.6. The van der Waals surface area contributed by atoms with E-state index in [0.29, 0.717) is 18.2 Å². The number of rotatable bonds is 8. The largest absolute Gasteiger partial charge is 0.487 e. The van der Waals surface area contributed by atoms with E-state index in [1.165, 1.54) is 5.56 Å². The van der Waals surface area contributed by atoms with Gasteiger partial charge in [-0.15, -0.1) is 5.10 Å². The molecule has 2 rings (SSSR count). The van der Waals surface area contributed by atoms with Gasteiger partial charge < -0.3 is 9.84 Å². The fourth-order valence-electron chi connectivity index (χ4n) is 2.18. The van der Waals surface area contributed by atoms with Gasteiger partial charge in [-0.2, -0.15) is 0 Å². The van der Waals surface area contributed by atoms with E-state index in [2.05, 4.69) is 43.2 Å². The van der Waals surface area contributed by atoms with Crippen molar-refractivity contribution in [2.45, 2.75) is 53.4 Å². The van der Waals surface area contributed by atoms with E-state index in [9.17, 15) is 5.11 Å². The van der Waals surface area contributed by atoms with Crippen LogP contribution in [-0.2, 0) is 26.2 Å². The molecule has 0 atom stereocenters. The number of hydrogen-bond acceptors (Lipinski definition) is 4. The molecule has 22 heavy (non-hydrogen) atoms. The van der Waals surface area contributed by atoms with E-state index in [4.69, 9.17) is 4.74 Å². The molecule has 0 amide bonds. The van der Waals surface area contributed by atoms with Crippen LogP contribution in [0.2, 0.25) is 0 Å². The zero-order chi connectivity index (χ0) is 15.9. The number of aliphatic hydroxyl groups is 1. The molecule has 0 fully saturated rings. The Balaban J connectivity index is 2.04. The van der Waals surface area contributed by atoms with Gasteiger partial charge in [0.2, 0.25) is 0 Å². The molecule has 1 aromatic heterocycles. The van der Waals surface area contributed by atoms with E-state index < -0.39 is 0 Å². The van der Waals surface area contributed by atoms with E-state index in [1.807, 2.05) is 16.8 Å². The molecule has 1 N–H and O–H groups in total. The first-order valence-corrected chi connectivity index (χ1v) is 7.87. The van der Waals surface area contributed by atoms with Crippen LogP contribution in [0.3, 0.4) is 0 Å². The van der Waals surface area contributed by atoms with E-state index in [0.717, 1.165) is 30.8 Å². The smallest absolute Gasteiger partial charge is 0.132 e. The summed E-state index contributed by atoms with van der Waals surface area (Å²) in [5.41, 5.74) is 2.73. The minimum Gasteiger partial charge on any atom is -0.487 e. The van der Waals surface area contributed by atoms with Crippen LogP contribution >= 0.6 is 0 Å². The Morgan fingerprint density at radius 3 is 2.55 bits per heavy atom. The number of aliphatic hydroxyl groups excluding tert-OH is 1. The number of hydrogen-bond donors (Lipinski definition) is 1. The predicted molar refractivity (Wildman–Crippen MR) is 85.6 cm³/mol. The molecule has 1 heterocycles. The molecule has 5 nitrogen and oxygen atoms in total. The quantitative estimate of drug-likeness (QED) is 0.814. The summed E-state index contributed by atoms with van der Waals surface area (Å²) in [6.45, 7) is 7.52. The van der Waals surface area contributed by atoms with Crippen molar-refractivity contribution >= 4 is 0 Å². The summed E-state index contributed by atoms with van der Waals surface area (Å²) >= 11 is 0. The summed E-state index contributed by atoms with van der Waals surface area (Å²) in [5, 5.41) is 17.6. The Bertz CT molecular complexity index is 576. The molecular weight excluding hydrogens is 278 g/mol. The van der Waals surface area contributed by atoms with Crippen molar-refractivity contribution in [3.63, 3.8) is 0 Å². The molecule has 0 spiro atoms. The lowest BCUT2D eigenvalue weighted by atomic mass is 10.1. The lowest BCUT2D eigenvalue weighted by molar-refractivity contribution is 0.261. The third-order valence-corrected chi connectivity index (χ3v) is 3.69. The topological polar surface area (TPSA) is 60.2 Å². The standard InChI is InChI=1S/C17H25N3O2/c1-4-14-5-7-15(8-6-14)22-12-17-16(11-21)18-19-20(17)10-9-13(2)3/h5-8,13,21H,4,9-12H2,1-3H3. The van der Waals surface area contributed by atoms with Gasteiger partial charge in [0.25, 0.3) is 0 Å². The van der Waals surface area contributed by atoms with Crippen LogP contribution in [0.1, 0.15) is 44.1 Å². The molecule has 0 saturated carbocycles. The molecule has 1 aromatic carbocycles. The highest BCUT2D eigenvalue weighted by Crippen LogP contribution is 2.16. The van der Waals surface area contributed by atoms with Crippen molar-refractivity contribution in [2.75, 3.05) is 0 Å². The predicted octanol–water partition coefficient (Wildman–Crippen LogP) is 2.96. The van der Waals surface area contributed by atoms with E-state index in [-0.39, 0.29) is 6.61 Å². The summed E-state index contributed by atoms with van der Waals surface area (Å²) in [7, 11) is 0. The molecule has 0 radical (unpaired) electrons. The fourth-order valence-corrected chi connectivity index (χ4v) is 2.18. The first-order valence-electron chi connectivity index (χ1n) is 7.87. The molecule has 0 aliphatic heterocycles. The number of nitrogens with zero attached hydrogens (tertiary/aromatic N) is 3. The Kier molecular flexibility index (Phi) is 5.95. The lowest BCUT2D eigenvalue weighted by Gasteiger charge is -2.11. The zero-order valence-corrected chi connectivity index (χ0v) is 13.6. The Morgan fingerprint density at radius 1 is 1.23 bits per heavy atom. The average Bonchev–Trinajstić information content (AvgIpc) is 2.93. The van der Waals surface area contributed by atoms with Crippen LogP contribution in [0.5, 0.6) is 5.75 Å². The first kappa shape index (κ1) is 16.5. The molecule has 120 valence electrons. The van der Waals surface area contributed by atoms with Gasteiger partial charge in [-0.1, -0.05) is 38.1 Å². The second-order valence-electron chi connectivity index (χ2n) is 5.83. The summed E-state index contributed by atoms with van der Waals surface area (Å²) in [4.78, 5) is 0. The van der Waals surface area contributed by atoms with Crippen LogP contribution in [0.4, 0.5) is 0 Å². The van der Waals surface area contributed by atoms with Gasteiger partial charge in [-0.3, -0.25) is 0 Å². The molecule has 0 saturated heterocycles. The third kappa shape index (κ3) is 4.31. The van der Waals surface area contributed by atoms with Crippen molar-refractivity contribution < 1.29 is 9.84 Å². The Hall–Kier alpha value is -1.88. The highest BCUT2D eigenvalue weighted by Gasteiger charge is 2.13. The van der Waals surface area contributed by atoms with E-state index in [1.54, 1.807) is 0 Å². The maximum atomic E-state index is 9.40. The molecule has 5 heteroatoms. The summed E-state index contributed by atoms with van der Waals surface area (Å²) < 4.78 is 7.67. The van der Waals surface area contributed by atoms with Gasteiger partial charge in [0, 0.05) is 6.54 Å². The number of aromatic nitrogens is 3. The SMILES string of the molecule is CCc1ccc(OCc2c(CO)nnn2CCC(C)C)cc1.